The molecule has 0 bridgehead atoms. The predicted octanol–water partition coefficient (Wildman–Crippen LogP) is 3.33. The standard InChI is InChI=1S/C13H8F3N3O4S/c14-13(15,16)7-2-1-3-8(6-7)17-12(24)18-11(20)9-4-5-10(23-9)19(21)22/h1-6H,(H2,17,18,20,24). The number of alkyl halides is 3. The average molecular weight is 359 g/mol. The molecule has 0 spiro atoms. The molecule has 0 atom stereocenters. The van der Waals surface area contributed by atoms with E-state index in [1.54, 1.807) is 0 Å². The van der Waals surface area contributed by atoms with E-state index in [0.29, 0.717) is 0 Å². The van der Waals surface area contributed by atoms with Gasteiger partial charge in [-0.15, -0.1) is 0 Å². The Morgan fingerprint density at radius 2 is 1.96 bits per heavy atom. The van der Waals surface area contributed by atoms with Crippen LogP contribution in [-0.2, 0) is 6.18 Å². The maximum atomic E-state index is 12.6. The van der Waals surface area contributed by atoms with Gasteiger partial charge in [0.15, 0.2) is 10.9 Å². The van der Waals surface area contributed by atoms with E-state index < -0.39 is 28.5 Å². The van der Waals surface area contributed by atoms with Crippen LogP contribution in [0.1, 0.15) is 16.1 Å². The van der Waals surface area contributed by atoms with E-state index >= 15 is 0 Å². The first-order valence-corrected chi connectivity index (χ1v) is 6.61. The second-order valence-electron chi connectivity index (χ2n) is 4.38. The molecular weight excluding hydrogens is 351 g/mol. The zero-order chi connectivity index (χ0) is 17.9. The number of carbonyl (C=O) groups excluding carboxylic acids is 1. The number of hydrogen-bond donors (Lipinski definition) is 2. The Labute approximate surface area is 137 Å². The smallest absolute Gasteiger partial charge is 0.395 e. The van der Waals surface area contributed by atoms with Crippen LogP contribution in [0.5, 0.6) is 0 Å². The Balaban J connectivity index is 2.02. The third-order valence-corrected chi connectivity index (χ3v) is 2.87. The first kappa shape index (κ1) is 17.4. The molecule has 1 aromatic heterocycles. The SMILES string of the molecule is O=C(NC(=S)Nc1cccc(C(F)(F)F)c1)c1ccc([N+](=O)[O-])o1. The van der Waals surface area contributed by atoms with Crippen molar-refractivity contribution in [2.24, 2.45) is 0 Å². The Morgan fingerprint density at radius 1 is 1.25 bits per heavy atom. The fraction of sp³-hybridized carbons (Fsp3) is 0.0769. The molecule has 11 heteroatoms. The first-order chi connectivity index (χ1) is 11.2. The van der Waals surface area contributed by atoms with Crippen molar-refractivity contribution in [3.63, 3.8) is 0 Å². The third kappa shape index (κ3) is 4.29. The van der Waals surface area contributed by atoms with E-state index in [1.807, 2.05) is 0 Å². The van der Waals surface area contributed by atoms with E-state index in [0.717, 1.165) is 24.3 Å². The Bertz CT molecular complexity index is 804. The van der Waals surface area contributed by atoms with E-state index in [2.05, 4.69) is 15.1 Å². The largest absolute Gasteiger partial charge is 0.433 e. The summed E-state index contributed by atoms with van der Waals surface area (Å²) in [7, 11) is 0. The molecule has 1 amide bonds. The van der Waals surface area contributed by atoms with E-state index in [1.165, 1.54) is 12.1 Å². The number of anilines is 1. The number of nitro groups is 1. The lowest BCUT2D eigenvalue weighted by atomic mass is 10.2. The molecule has 0 fully saturated rings. The summed E-state index contributed by atoms with van der Waals surface area (Å²) < 4.78 is 42.5. The van der Waals surface area contributed by atoms with Crippen molar-refractivity contribution < 1.29 is 27.3 Å². The van der Waals surface area contributed by atoms with Gasteiger partial charge in [0.1, 0.15) is 4.92 Å². The van der Waals surface area contributed by atoms with E-state index in [-0.39, 0.29) is 16.6 Å². The van der Waals surface area contributed by atoms with Crippen molar-refractivity contribution in [2.75, 3.05) is 5.32 Å². The number of nitrogens with one attached hydrogen (secondary N) is 2. The highest BCUT2D eigenvalue weighted by Gasteiger charge is 2.30. The van der Waals surface area contributed by atoms with Gasteiger partial charge in [-0.25, -0.2) is 0 Å². The fourth-order valence-corrected chi connectivity index (χ4v) is 1.86. The van der Waals surface area contributed by atoms with Crippen molar-refractivity contribution in [1.82, 2.24) is 5.32 Å². The monoisotopic (exact) mass is 359 g/mol. The minimum atomic E-state index is -4.52. The Kier molecular flexibility index (Phi) is 4.83. The second kappa shape index (κ2) is 6.66. The summed E-state index contributed by atoms with van der Waals surface area (Å²) >= 11 is 4.81. The molecule has 0 radical (unpaired) electrons. The van der Waals surface area contributed by atoms with Crippen LogP contribution in [0, 0.1) is 10.1 Å². The van der Waals surface area contributed by atoms with Crippen molar-refractivity contribution in [3.05, 3.63) is 57.8 Å². The number of rotatable bonds is 3. The zero-order valence-corrected chi connectivity index (χ0v) is 12.4. The highest BCUT2D eigenvalue weighted by molar-refractivity contribution is 7.80. The number of nitrogens with zero attached hydrogens (tertiary/aromatic N) is 1. The van der Waals surface area contributed by atoms with Crippen LogP contribution in [0.15, 0.2) is 40.8 Å². The number of furan rings is 1. The molecule has 7 nitrogen and oxygen atoms in total. The summed E-state index contributed by atoms with van der Waals surface area (Å²) in [5.74, 6) is -1.88. The lowest BCUT2D eigenvalue weighted by Gasteiger charge is -2.11. The van der Waals surface area contributed by atoms with Gasteiger partial charge in [0, 0.05) is 5.69 Å². The third-order valence-electron chi connectivity index (χ3n) is 2.67. The van der Waals surface area contributed by atoms with Crippen molar-refractivity contribution in [3.8, 4) is 0 Å². The van der Waals surface area contributed by atoms with E-state index in [4.69, 9.17) is 12.2 Å². The molecule has 0 saturated heterocycles. The summed E-state index contributed by atoms with van der Waals surface area (Å²) in [6.07, 6.45) is -4.52. The molecule has 0 aliphatic carbocycles. The molecule has 24 heavy (non-hydrogen) atoms. The van der Waals surface area contributed by atoms with Gasteiger partial charge in [-0.2, -0.15) is 13.2 Å². The zero-order valence-electron chi connectivity index (χ0n) is 11.6. The van der Waals surface area contributed by atoms with Gasteiger partial charge in [0.05, 0.1) is 11.6 Å². The predicted molar refractivity (Wildman–Crippen MR) is 80.5 cm³/mol. The molecule has 0 aliphatic rings. The molecule has 0 aliphatic heterocycles. The van der Waals surface area contributed by atoms with Crippen LogP contribution in [0.3, 0.4) is 0 Å². The second-order valence-corrected chi connectivity index (χ2v) is 4.79. The topological polar surface area (TPSA) is 97.4 Å². The van der Waals surface area contributed by atoms with Gasteiger partial charge in [-0.1, -0.05) is 6.07 Å². The van der Waals surface area contributed by atoms with Crippen molar-refractivity contribution >= 4 is 34.8 Å². The highest BCUT2D eigenvalue weighted by atomic mass is 32.1. The minimum Gasteiger partial charge on any atom is -0.395 e. The quantitative estimate of drug-likeness (QED) is 0.496. The van der Waals surface area contributed by atoms with Gasteiger partial charge >= 0.3 is 12.1 Å². The van der Waals surface area contributed by atoms with Gasteiger partial charge < -0.3 is 9.73 Å². The highest BCUT2D eigenvalue weighted by Crippen LogP contribution is 2.30. The lowest BCUT2D eigenvalue weighted by Crippen LogP contribution is -2.33. The Morgan fingerprint density at radius 3 is 2.54 bits per heavy atom. The summed E-state index contributed by atoms with van der Waals surface area (Å²) in [5.41, 5.74) is -0.871. The number of amides is 1. The minimum absolute atomic E-state index is 0.0144. The van der Waals surface area contributed by atoms with Gasteiger partial charge in [-0.3, -0.25) is 20.2 Å². The molecule has 0 saturated carbocycles. The summed E-state index contributed by atoms with van der Waals surface area (Å²) in [5, 5.41) is 14.7. The van der Waals surface area contributed by atoms with Gasteiger partial charge in [-0.05, 0) is 36.5 Å². The van der Waals surface area contributed by atoms with Crippen LogP contribution < -0.4 is 10.6 Å². The number of hydrogen-bond acceptors (Lipinski definition) is 5. The molecule has 126 valence electrons. The fourth-order valence-electron chi connectivity index (χ4n) is 1.65. The van der Waals surface area contributed by atoms with Crippen LogP contribution in [0.25, 0.3) is 0 Å². The maximum Gasteiger partial charge on any atom is 0.433 e. The van der Waals surface area contributed by atoms with Gasteiger partial charge in [0.25, 0.3) is 5.91 Å². The normalized spacial score (nSPS) is 11.0. The van der Waals surface area contributed by atoms with Crippen molar-refractivity contribution in [1.29, 1.82) is 0 Å². The molecule has 1 heterocycles. The number of benzene rings is 1. The van der Waals surface area contributed by atoms with Crippen LogP contribution in [0.2, 0.25) is 0 Å². The number of carbonyl (C=O) groups is 1. The van der Waals surface area contributed by atoms with Gasteiger partial charge in [0.2, 0.25) is 0 Å². The molecule has 1 aromatic carbocycles. The van der Waals surface area contributed by atoms with Crippen LogP contribution >= 0.6 is 12.2 Å². The summed E-state index contributed by atoms with van der Waals surface area (Å²) in [6.45, 7) is 0. The Hall–Kier alpha value is -2.95. The van der Waals surface area contributed by atoms with Crippen LogP contribution in [-0.4, -0.2) is 15.9 Å². The first-order valence-electron chi connectivity index (χ1n) is 6.20. The van der Waals surface area contributed by atoms with Crippen LogP contribution in [0.4, 0.5) is 24.7 Å². The molecule has 0 unspecified atom stereocenters. The number of halogens is 3. The summed E-state index contributed by atoms with van der Waals surface area (Å²) in [4.78, 5) is 21.4. The maximum absolute atomic E-state index is 12.6. The molecule has 2 rings (SSSR count). The molecular formula is C13H8F3N3O4S. The molecule has 2 aromatic rings. The van der Waals surface area contributed by atoms with Crippen molar-refractivity contribution in [2.45, 2.75) is 6.18 Å². The number of thiocarbonyl (C=S) groups is 1. The average Bonchev–Trinajstić information content (AvgIpc) is 2.96. The summed E-state index contributed by atoms with van der Waals surface area (Å²) in [6, 6.07) is 6.25. The molecule has 2 N–H and O–H groups in total. The lowest BCUT2D eigenvalue weighted by molar-refractivity contribution is -0.402. The van der Waals surface area contributed by atoms with E-state index in [9.17, 15) is 28.1 Å².